The quantitative estimate of drug-likeness (QED) is 0.810. The first kappa shape index (κ1) is 12.3. The van der Waals surface area contributed by atoms with Crippen LogP contribution in [0.15, 0.2) is 22.1 Å². The molecule has 0 amide bonds. The van der Waals surface area contributed by atoms with Crippen LogP contribution in [0.2, 0.25) is 0 Å². The van der Waals surface area contributed by atoms with E-state index in [0.717, 1.165) is 0 Å². The Morgan fingerprint density at radius 2 is 2.11 bits per heavy atom. The van der Waals surface area contributed by atoms with Gasteiger partial charge in [0, 0.05) is 18.3 Å². The SMILES string of the molecule is CCc1cn(Cc2ncnn2CC)c(=O)[nH]c1=O. The van der Waals surface area contributed by atoms with Crippen molar-refractivity contribution in [2.75, 3.05) is 0 Å². The van der Waals surface area contributed by atoms with E-state index in [1.807, 2.05) is 13.8 Å². The van der Waals surface area contributed by atoms with Gasteiger partial charge in [0.1, 0.15) is 12.2 Å². The molecule has 2 heterocycles. The lowest BCUT2D eigenvalue weighted by Gasteiger charge is -2.07. The molecule has 0 spiro atoms. The molecule has 1 N–H and O–H groups in total. The second-order valence-corrected chi connectivity index (χ2v) is 3.89. The molecule has 2 aromatic heterocycles. The van der Waals surface area contributed by atoms with Gasteiger partial charge in [-0.05, 0) is 13.3 Å². The minimum atomic E-state index is -0.428. The van der Waals surface area contributed by atoms with Gasteiger partial charge in [-0.25, -0.2) is 14.5 Å². The Hall–Kier alpha value is -2.18. The van der Waals surface area contributed by atoms with Crippen molar-refractivity contribution in [1.29, 1.82) is 0 Å². The molecule has 0 saturated carbocycles. The standard InChI is InChI=1S/C11H15N5O2/c1-3-8-5-15(11(18)14-10(8)17)6-9-12-7-13-16(9)4-2/h5,7H,3-4,6H2,1-2H3,(H,14,17,18). The Balaban J connectivity index is 2.40. The first-order valence-corrected chi connectivity index (χ1v) is 5.85. The van der Waals surface area contributed by atoms with Crippen LogP contribution in [0.25, 0.3) is 0 Å². The molecule has 7 nitrogen and oxygen atoms in total. The van der Waals surface area contributed by atoms with E-state index < -0.39 is 5.69 Å². The number of rotatable bonds is 4. The highest BCUT2D eigenvalue weighted by molar-refractivity contribution is 5.05. The van der Waals surface area contributed by atoms with Crippen molar-refractivity contribution >= 4 is 0 Å². The summed E-state index contributed by atoms with van der Waals surface area (Å²) in [6.07, 6.45) is 3.61. The maximum atomic E-state index is 11.7. The number of hydrogen-bond donors (Lipinski definition) is 1. The second-order valence-electron chi connectivity index (χ2n) is 3.89. The first-order valence-electron chi connectivity index (χ1n) is 5.85. The summed E-state index contributed by atoms with van der Waals surface area (Å²) in [6, 6.07) is 0. The average molecular weight is 249 g/mol. The summed E-state index contributed by atoms with van der Waals surface area (Å²) in [5.74, 6) is 0.689. The number of nitrogens with one attached hydrogen (secondary N) is 1. The van der Waals surface area contributed by atoms with Gasteiger partial charge in [0.2, 0.25) is 0 Å². The van der Waals surface area contributed by atoms with Crippen molar-refractivity contribution in [1.82, 2.24) is 24.3 Å². The lowest BCUT2D eigenvalue weighted by molar-refractivity contribution is 0.577. The van der Waals surface area contributed by atoms with Crippen LogP contribution in [0.3, 0.4) is 0 Å². The van der Waals surface area contributed by atoms with Crippen molar-refractivity contribution in [2.24, 2.45) is 0 Å². The molecule has 18 heavy (non-hydrogen) atoms. The highest BCUT2D eigenvalue weighted by atomic mass is 16.2. The Morgan fingerprint density at radius 3 is 2.78 bits per heavy atom. The van der Waals surface area contributed by atoms with Crippen molar-refractivity contribution in [3.8, 4) is 0 Å². The van der Waals surface area contributed by atoms with Gasteiger partial charge in [-0.15, -0.1) is 0 Å². The van der Waals surface area contributed by atoms with E-state index in [9.17, 15) is 9.59 Å². The van der Waals surface area contributed by atoms with E-state index in [1.165, 1.54) is 10.9 Å². The van der Waals surface area contributed by atoms with Gasteiger partial charge in [0.25, 0.3) is 5.56 Å². The fourth-order valence-electron chi connectivity index (χ4n) is 1.75. The van der Waals surface area contributed by atoms with E-state index in [0.29, 0.717) is 30.9 Å². The van der Waals surface area contributed by atoms with E-state index in [4.69, 9.17) is 0 Å². The summed E-state index contributed by atoms with van der Waals surface area (Å²) >= 11 is 0. The zero-order valence-electron chi connectivity index (χ0n) is 10.4. The minimum absolute atomic E-state index is 0.302. The average Bonchev–Trinajstić information content (AvgIpc) is 2.79. The van der Waals surface area contributed by atoms with Crippen LogP contribution >= 0.6 is 0 Å². The van der Waals surface area contributed by atoms with Gasteiger partial charge in [-0.1, -0.05) is 6.92 Å². The molecule has 2 rings (SSSR count). The lowest BCUT2D eigenvalue weighted by Crippen LogP contribution is -2.32. The van der Waals surface area contributed by atoms with E-state index in [-0.39, 0.29) is 5.56 Å². The third-order valence-electron chi connectivity index (χ3n) is 2.77. The number of aromatic nitrogens is 5. The smallest absolute Gasteiger partial charge is 0.293 e. The maximum Gasteiger partial charge on any atom is 0.328 e. The lowest BCUT2D eigenvalue weighted by atomic mass is 10.2. The first-order chi connectivity index (χ1) is 8.65. The zero-order valence-corrected chi connectivity index (χ0v) is 10.4. The highest BCUT2D eigenvalue weighted by Gasteiger charge is 2.07. The zero-order chi connectivity index (χ0) is 13.1. The van der Waals surface area contributed by atoms with Gasteiger partial charge < -0.3 is 0 Å². The summed E-state index contributed by atoms with van der Waals surface area (Å²) in [6.45, 7) is 4.81. The summed E-state index contributed by atoms with van der Waals surface area (Å²) in [5.41, 5.74) is -0.171. The predicted octanol–water partition coefficient (Wildman–Crippen LogP) is -0.241. The Morgan fingerprint density at radius 1 is 1.33 bits per heavy atom. The fourth-order valence-corrected chi connectivity index (χ4v) is 1.75. The molecule has 2 aromatic rings. The van der Waals surface area contributed by atoms with Gasteiger partial charge in [-0.2, -0.15) is 5.10 Å². The van der Waals surface area contributed by atoms with E-state index in [1.54, 1.807) is 10.9 Å². The Bertz CT molecular complexity index is 652. The molecular weight excluding hydrogens is 234 g/mol. The molecule has 0 radical (unpaired) electrons. The van der Waals surface area contributed by atoms with Gasteiger partial charge in [0.15, 0.2) is 0 Å². The van der Waals surface area contributed by atoms with E-state index in [2.05, 4.69) is 15.1 Å². The number of nitrogens with zero attached hydrogens (tertiary/aromatic N) is 4. The van der Waals surface area contributed by atoms with Crippen molar-refractivity contribution < 1.29 is 0 Å². The molecule has 96 valence electrons. The molecule has 0 unspecified atom stereocenters. The van der Waals surface area contributed by atoms with Crippen LogP contribution in [-0.2, 0) is 19.5 Å². The molecule has 0 atom stereocenters. The summed E-state index contributed by atoms with van der Waals surface area (Å²) in [5, 5.41) is 4.04. The van der Waals surface area contributed by atoms with Crippen LogP contribution in [0.4, 0.5) is 0 Å². The van der Waals surface area contributed by atoms with Gasteiger partial charge >= 0.3 is 5.69 Å². The molecule has 0 aliphatic rings. The van der Waals surface area contributed by atoms with Crippen LogP contribution < -0.4 is 11.2 Å². The van der Waals surface area contributed by atoms with Crippen LogP contribution in [0, 0.1) is 0 Å². The van der Waals surface area contributed by atoms with Gasteiger partial charge in [0.05, 0.1) is 6.54 Å². The highest BCUT2D eigenvalue weighted by Crippen LogP contribution is 1.97. The van der Waals surface area contributed by atoms with Crippen molar-refractivity contribution in [3.63, 3.8) is 0 Å². The van der Waals surface area contributed by atoms with Crippen molar-refractivity contribution in [3.05, 3.63) is 44.8 Å². The number of aryl methyl sites for hydroxylation is 2. The summed E-state index contributed by atoms with van der Waals surface area (Å²) in [7, 11) is 0. The molecule has 0 aliphatic heterocycles. The predicted molar refractivity (Wildman–Crippen MR) is 65.5 cm³/mol. The third-order valence-corrected chi connectivity index (χ3v) is 2.77. The molecular formula is C11H15N5O2. The monoisotopic (exact) mass is 249 g/mol. The fraction of sp³-hybridized carbons (Fsp3) is 0.455. The molecule has 0 bridgehead atoms. The number of aromatic amines is 1. The number of hydrogen-bond acceptors (Lipinski definition) is 4. The summed E-state index contributed by atoms with van der Waals surface area (Å²) < 4.78 is 3.15. The van der Waals surface area contributed by atoms with Crippen LogP contribution in [0.1, 0.15) is 25.2 Å². The van der Waals surface area contributed by atoms with E-state index >= 15 is 0 Å². The van der Waals surface area contributed by atoms with Gasteiger partial charge in [-0.3, -0.25) is 14.3 Å². The molecule has 0 saturated heterocycles. The molecule has 7 heteroatoms. The molecule has 0 aromatic carbocycles. The third kappa shape index (κ3) is 2.24. The molecule has 0 aliphatic carbocycles. The number of H-pyrrole nitrogens is 1. The van der Waals surface area contributed by atoms with Crippen molar-refractivity contribution in [2.45, 2.75) is 33.4 Å². The topological polar surface area (TPSA) is 85.6 Å². The Labute approximate surface area is 103 Å². The summed E-state index contributed by atoms with van der Waals surface area (Å²) in [4.78, 5) is 29.5. The largest absolute Gasteiger partial charge is 0.328 e. The maximum absolute atomic E-state index is 11.7. The normalized spacial score (nSPS) is 10.8. The van der Waals surface area contributed by atoms with Crippen LogP contribution in [0.5, 0.6) is 0 Å². The Kier molecular flexibility index (Phi) is 3.40. The minimum Gasteiger partial charge on any atom is -0.293 e. The second kappa shape index (κ2) is 4.99. The molecule has 0 fully saturated rings. The van der Waals surface area contributed by atoms with Crippen LogP contribution in [-0.4, -0.2) is 24.3 Å².